The maximum atomic E-state index is 5.76. The van der Waals surface area contributed by atoms with Gasteiger partial charge in [-0.15, -0.1) is 0 Å². The minimum atomic E-state index is 0.558. The summed E-state index contributed by atoms with van der Waals surface area (Å²) >= 11 is 0. The standard InChI is InChI=1S/C15H21NO/c1-3-4-7-12(2)16-11-14-10-13-8-5-6-9-15(13)17-14/h5-6,8-10,12,16H,3-4,7,11H2,1-2H3. The Morgan fingerprint density at radius 2 is 2.12 bits per heavy atom. The molecule has 0 aliphatic rings. The fraction of sp³-hybridized carbons (Fsp3) is 0.467. The number of para-hydroxylation sites is 1. The molecule has 1 N–H and O–H groups in total. The summed E-state index contributed by atoms with van der Waals surface area (Å²) in [7, 11) is 0. The predicted octanol–water partition coefficient (Wildman–Crippen LogP) is 4.10. The first-order valence-corrected chi connectivity index (χ1v) is 6.50. The van der Waals surface area contributed by atoms with Crippen molar-refractivity contribution in [2.75, 3.05) is 0 Å². The number of hydrogen-bond acceptors (Lipinski definition) is 2. The lowest BCUT2D eigenvalue weighted by molar-refractivity contribution is 0.450. The maximum Gasteiger partial charge on any atom is 0.134 e. The summed E-state index contributed by atoms with van der Waals surface area (Å²) in [6.45, 7) is 5.28. The molecule has 0 spiro atoms. The Morgan fingerprint density at radius 1 is 1.29 bits per heavy atom. The van der Waals surface area contributed by atoms with Crippen molar-refractivity contribution in [2.45, 2.75) is 45.7 Å². The molecule has 92 valence electrons. The van der Waals surface area contributed by atoms with Crippen molar-refractivity contribution in [1.82, 2.24) is 5.32 Å². The van der Waals surface area contributed by atoms with Crippen molar-refractivity contribution >= 4 is 11.0 Å². The molecule has 1 atom stereocenters. The van der Waals surface area contributed by atoms with Gasteiger partial charge in [-0.1, -0.05) is 38.0 Å². The molecule has 0 fully saturated rings. The van der Waals surface area contributed by atoms with Gasteiger partial charge in [-0.2, -0.15) is 0 Å². The Labute approximate surface area is 103 Å². The lowest BCUT2D eigenvalue weighted by Crippen LogP contribution is -2.24. The summed E-state index contributed by atoms with van der Waals surface area (Å²) in [6, 6.07) is 10.8. The Hall–Kier alpha value is -1.28. The molecule has 2 aromatic rings. The number of fused-ring (bicyclic) bond motifs is 1. The first-order chi connectivity index (χ1) is 8.29. The van der Waals surface area contributed by atoms with E-state index in [0.717, 1.165) is 17.9 Å². The molecule has 0 aliphatic heterocycles. The molecule has 2 heteroatoms. The third-order valence-corrected chi connectivity index (χ3v) is 3.09. The SMILES string of the molecule is CCCCC(C)NCc1cc2ccccc2o1. The van der Waals surface area contributed by atoms with Crippen molar-refractivity contribution in [2.24, 2.45) is 0 Å². The van der Waals surface area contributed by atoms with E-state index in [2.05, 4.69) is 31.3 Å². The number of rotatable bonds is 6. The molecule has 0 radical (unpaired) electrons. The molecule has 1 aromatic heterocycles. The summed E-state index contributed by atoms with van der Waals surface area (Å²) in [5, 5.41) is 4.69. The molecular formula is C15H21NO. The first kappa shape index (κ1) is 12.2. The minimum Gasteiger partial charge on any atom is -0.460 e. The number of benzene rings is 1. The molecule has 1 aromatic carbocycles. The van der Waals surface area contributed by atoms with Crippen LogP contribution in [0.4, 0.5) is 0 Å². The second-order valence-corrected chi connectivity index (χ2v) is 4.67. The lowest BCUT2D eigenvalue weighted by atomic mass is 10.1. The van der Waals surface area contributed by atoms with Crippen LogP contribution in [0.25, 0.3) is 11.0 Å². The molecule has 0 bridgehead atoms. The highest BCUT2D eigenvalue weighted by atomic mass is 16.3. The third kappa shape index (κ3) is 3.34. The third-order valence-electron chi connectivity index (χ3n) is 3.09. The topological polar surface area (TPSA) is 25.2 Å². The quantitative estimate of drug-likeness (QED) is 0.809. The van der Waals surface area contributed by atoms with Crippen molar-refractivity contribution < 1.29 is 4.42 Å². The second kappa shape index (κ2) is 5.87. The molecule has 2 rings (SSSR count). The summed E-state index contributed by atoms with van der Waals surface area (Å²) in [5.41, 5.74) is 0.977. The molecule has 1 unspecified atom stereocenters. The number of furan rings is 1. The van der Waals surface area contributed by atoms with Crippen LogP contribution in [0.1, 0.15) is 38.9 Å². The Balaban J connectivity index is 1.90. The van der Waals surface area contributed by atoms with Gasteiger partial charge in [0.15, 0.2) is 0 Å². The van der Waals surface area contributed by atoms with Gasteiger partial charge in [-0.05, 0) is 25.5 Å². The summed E-state index contributed by atoms with van der Waals surface area (Å²) in [4.78, 5) is 0. The van der Waals surface area contributed by atoms with E-state index in [1.165, 1.54) is 24.6 Å². The number of hydrogen-bond donors (Lipinski definition) is 1. The van der Waals surface area contributed by atoms with Gasteiger partial charge in [0.25, 0.3) is 0 Å². The monoisotopic (exact) mass is 231 g/mol. The van der Waals surface area contributed by atoms with E-state index in [1.54, 1.807) is 0 Å². The van der Waals surface area contributed by atoms with Crippen molar-refractivity contribution in [3.8, 4) is 0 Å². The van der Waals surface area contributed by atoms with Gasteiger partial charge >= 0.3 is 0 Å². The van der Waals surface area contributed by atoms with Gasteiger partial charge in [0.1, 0.15) is 11.3 Å². The molecular weight excluding hydrogens is 210 g/mol. The Kier molecular flexibility index (Phi) is 4.21. The van der Waals surface area contributed by atoms with Crippen molar-refractivity contribution in [3.63, 3.8) is 0 Å². The van der Waals surface area contributed by atoms with Crippen LogP contribution in [-0.2, 0) is 6.54 Å². The van der Waals surface area contributed by atoms with E-state index in [-0.39, 0.29) is 0 Å². The van der Waals surface area contributed by atoms with Crippen LogP contribution in [0.3, 0.4) is 0 Å². The highest BCUT2D eigenvalue weighted by Gasteiger charge is 2.05. The van der Waals surface area contributed by atoms with Gasteiger partial charge in [-0.3, -0.25) is 0 Å². The zero-order valence-electron chi connectivity index (χ0n) is 10.7. The van der Waals surface area contributed by atoms with E-state index in [1.807, 2.05) is 18.2 Å². The van der Waals surface area contributed by atoms with Gasteiger partial charge in [-0.25, -0.2) is 0 Å². The summed E-state index contributed by atoms with van der Waals surface area (Å²) < 4.78 is 5.76. The second-order valence-electron chi connectivity index (χ2n) is 4.67. The van der Waals surface area contributed by atoms with E-state index >= 15 is 0 Å². The Morgan fingerprint density at radius 3 is 2.88 bits per heavy atom. The zero-order chi connectivity index (χ0) is 12.1. The van der Waals surface area contributed by atoms with Crippen molar-refractivity contribution in [3.05, 3.63) is 36.1 Å². The number of unbranched alkanes of at least 4 members (excludes halogenated alkanes) is 1. The molecule has 0 aliphatic carbocycles. The first-order valence-electron chi connectivity index (χ1n) is 6.50. The van der Waals surface area contributed by atoms with Crippen LogP contribution in [0.5, 0.6) is 0 Å². The molecule has 0 amide bonds. The van der Waals surface area contributed by atoms with Crippen LogP contribution in [-0.4, -0.2) is 6.04 Å². The summed E-state index contributed by atoms with van der Waals surface area (Å²) in [6.07, 6.45) is 3.78. The average molecular weight is 231 g/mol. The predicted molar refractivity (Wildman–Crippen MR) is 72.0 cm³/mol. The molecule has 0 saturated carbocycles. The van der Waals surface area contributed by atoms with Gasteiger partial charge < -0.3 is 9.73 Å². The van der Waals surface area contributed by atoms with Gasteiger partial charge in [0.2, 0.25) is 0 Å². The smallest absolute Gasteiger partial charge is 0.134 e. The fourth-order valence-corrected chi connectivity index (χ4v) is 2.01. The van der Waals surface area contributed by atoms with E-state index < -0.39 is 0 Å². The van der Waals surface area contributed by atoms with Crippen LogP contribution in [0, 0.1) is 0 Å². The molecule has 0 saturated heterocycles. The normalized spacial score (nSPS) is 13.1. The lowest BCUT2D eigenvalue weighted by Gasteiger charge is -2.11. The largest absolute Gasteiger partial charge is 0.460 e. The van der Waals surface area contributed by atoms with Crippen LogP contribution < -0.4 is 5.32 Å². The maximum absolute atomic E-state index is 5.76. The van der Waals surface area contributed by atoms with Crippen LogP contribution in [0.15, 0.2) is 34.7 Å². The summed E-state index contributed by atoms with van der Waals surface area (Å²) in [5.74, 6) is 1.02. The van der Waals surface area contributed by atoms with Crippen molar-refractivity contribution in [1.29, 1.82) is 0 Å². The highest BCUT2D eigenvalue weighted by Crippen LogP contribution is 2.18. The van der Waals surface area contributed by atoms with E-state index in [9.17, 15) is 0 Å². The number of nitrogens with one attached hydrogen (secondary N) is 1. The minimum absolute atomic E-state index is 0.558. The molecule has 17 heavy (non-hydrogen) atoms. The fourth-order valence-electron chi connectivity index (χ4n) is 2.01. The highest BCUT2D eigenvalue weighted by molar-refractivity contribution is 5.77. The van der Waals surface area contributed by atoms with E-state index in [0.29, 0.717) is 6.04 Å². The molecule has 1 heterocycles. The molecule has 2 nitrogen and oxygen atoms in total. The van der Waals surface area contributed by atoms with Crippen LogP contribution in [0.2, 0.25) is 0 Å². The van der Waals surface area contributed by atoms with Crippen LogP contribution >= 0.6 is 0 Å². The van der Waals surface area contributed by atoms with E-state index in [4.69, 9.17) is 4.42 Å². The van der Waals surface area contributed by atoms with Gasteiger partial charge in [0.05, 0.1) is 6.54 Å². The average Bonchev–Trinajstić information content (AvgIpc) is 2.76. The zero-order valence-corrected chi connectivity index (χ0v) is 10.7. The Bertz CT molecular complexity index is 428. The van der Waals surface area contributed by atoms with Gasteiger partial charge in [0, 0.05) is 11.4 Å².